The van der Waals surface area contributed by atoms with Gasteiger partial charge in [-0.25, -0.2) is 0 Å². The first-order valence-corrected chi connectivity index (χ1v) is 8.41. The van der Waals surface area contributed by atoms with Crippen LogP contribution >= 0.6 is 0 Å². The zero-order valence-electron chi connectivity index (χ0n) is 13.0. The van der Waals surface area contributed by atoms with Crippen molar-refractivity contribution in [3.63, 3.8) is 0 Å². The molecule has 2 heterocycles. The van der Waals surface area contributed by atoms with Gasteiger partial charge in [0.25, 0.3) is 0 Å². The SMILES string of the molecule is CC(CCN1CCCC(CO)C1)N1CCCC(CO)C1. The Labute approximate surface area is 123 Å². The Bertz CT molecular complexity index is 275. The normalized spacial score (nSPS) is 31.4. The van der Waals surface area contributed by atoms with Gasteiger partial charge in [-0.3, -0.25) is 0 Å². The quantitative estimate of drug-likeness (QED) is 0.769. The van der Waals surface area contributed by atoms with Gasteiger partial charge < -0.3 is 20.0 Å². The van der Waals surface area contributed by atoms with Gasteiger partial charge in [-0.05, 0) is 70.5 Å². The molecule has 0 aliphatic carbocycles. The Kier molecular flexibility index (Phi) is 6.75. The molecule has 0 aromatic rings. The predicted octanol–water partition coefficient (Wildman–Crippen LogP) is 1.17. The fourth-order valence-electron chi connectivity index (χ4n) is 3.70. The lowest BCUT2D eigenvalue weighted by Gasteiger charge is -2.38. The molecular formula is C16H32N2O2. The summed E-state index contributed by atoms with van der Waals surface area (Å²) in [4.78, 5) is 5.08. The van der Waals surface area contributed by atoms with Crippen molar-refractivity contribution >= 4 is 0 Å². The van der Waals surface area contributed by atoms with Crippen LogP contribution in [0, 0.1) is 11.8 Å². The third-order valence-corrected chi connectivity index (χ3v) is 5.16. The van der Waals surface area contributed by atoms with Crippen LogP contribution in [-0.4, -0.2) is 72.0 Å². The number of piperidine rings is 2. The van der Waals surface area contributed by atoms with Crippen LogP contribution in [0.25, 0.3) is 0 Å². The lowest BCUT2D eigenvalue weighted by molar-refractivity contribution is 0.0762. The van der Waals surface area contributed by atoms with E-state index in [1.54, 1.807) is 0 Å². The summed E-state index contributed by atoms with van der Waals surface area (Å²) in [5, 5.41) is 18.6. The molecule has 4 heteroatoms. The Morgan fingerprint density at radius 1 is 1.00 bits per heavy atom. The van der Waals surface area contributed by atoms with E-state index in [0.29, 0.717) is 31.1 Å². The molecule has 0 radical (unpaired) electrons. The summed E-state index contributed by atoms with van der Waals surface area (Å²) in [6.07, 6.45) is 6.04. The van der Waals surface area contributed by atoms with Crippen molar-refractivity contribution in [3.8, 4) is 0 Å². The average Bonchev–Trinajstić information content (AvgIpc) is 2.52. The highest BCUT2D eigenvalue weighted by atomic mass is 16.3. The van der Waals surface area contributed by atoms with Crippen LogP contribution in [0.5, 0.6) is 0 Å². The highest BCUT2D eigenvalue weighted by molar-refractivity contribution is 4.79. The van der Waals surface area contributed by atoms with Crippen LogP contribution < -0.4 is 0 Å². The Balaban J connectivity index is 1.70. The summed E-state index contributed by atoms with van der Waals surface area (Å²) in [6.45, 7) is 8.69. The molecule has 2 aliphatic rings. The second kappa shape index (κ2) is 8.32. The second-order valence-corrected chi connectivity index (χ2v) is 6.81. The molecule has 0 aromatic carbocycles. The minimum atomic E-state index is 0.341. The molecule has 2 saturated heterocycles. The zero-order chi connectivity index (χ0) is 14.4. The highest BCUT2D eigenvalue weighted by Gasteiger charge is 2.24. The zero-order valence-corrected chi connectivity index (χ0v) is 13.0. The van der Waals surface area contributed by atoms with Gasteiger partial charge >= 0.3 is 0 Å². The van der Waals surface area contributed by atoms with Gasteiger partial charge in [-0.2, -0.15) is 0 Å². The fourth-order valence-corrected chi connectivity index (χ4v) is 3.70. The number of nitrogens with zero attached hydrogens (tertiary/aromatic N) is 2. The van der Waals surface area contributed by atoms with Gasteiger partial charge in [0.15, 0.2) is 0 Å². The number of hydrogen-bond donors (Lipinski definition) is 2. The summed E-state index contributed by atoms with van der Waals surface area (Å²) in [5.41, 5.74) is 0. The van der Waals surface area contributed by atoms with E-state index >= 15 is 0 Å². The maximum Gasteiger partial charge on any atom is 0.0471 e. The van der Waals surface area contributed by atoms with Crippen LogP contribution in [0.15, 0.2) is 0 Å². The van der Waals surface area contributed by atoms with Gasteiger partial charge in [-0.15, -0.1) is 0 Å². The van der Waals surface area contributed by atoms with E-state index in [2.05, 4.69) is 16.7 Å². The predicted molar refractivity (Wildman–Crippen MR) is 81.7 cm³/mol. The molecule has 0 amide bonds. The fraction of sp³-hybridized carbons (Fsp3) is 1.00. The summed E-state index contributed by atoms with van der Waals surface area (Å²) in [5.74, 6) is 0.979. The summed E-state index contributed by atoms with van der Waals surface area (Å²) >= 11 is 0. The first-order chi connectivity index (χ1) is 9.72. The van der Waals surface area contributed by atoms with Crippen LogP contribution in [0.1, 0.15) is 39.0 Å². The molecule has 3 atom stereocenters. The van der Waals surface area contributed by atoms with Crippen LogP contribution in [0.2, 0.25) is 0 Å². The molecule has 20 heavy (non-hydrogen) atoms. The van der Waals surface area contributed by atoms with Crippen LogP contribution in [-0.2, 0) is 0 Å². The molecular weight excluding hydrogens is 252 g/mol. The van der Waals surface area contributed by atoms with Gasteiger partial charge in [0.2, 0.25) is 0 Å². The molecule has 0 spiro atoms. The lowest BCUT2D eigenvalue weighted by atomic mass is 9.96. The van der Waals surface area contributed by atoms with Gasteiger partial charge in [0.1, 0.15) is 0 Å². The van der Waals surface area contributed by atoms with Crippen molar-refractivity contribution in [1.82, 2.24) is 9.80 Å². The molecule has 2 rings (SSSR count). The molecule has 0 aromatic heterocycles. The minimum Gasteiger partial charge on any atom is -0.396 e. The summed E-state index contributed by atoms with van der Waals surface area (Å²) in [6, 6.07) is 0.610. The molecule has 4 nitrogen and oxygen atoms in total. The van der Waals surface area contributed by atoms with E-state index in [9.17, 15) is 10.2 Å². The number of aliphatic hydroxyl groups excluding tert-OH is 2. The third-order valence-electron chi connectivity index (χ3n) is 5.16. The Morgan fingerprint density at radius 2 is 1.65 bits per heavy atom. The number of aliphatic hydroxyl groups is 2. The van der Waals surface area contributed by atoms with Crippen molar-refractivity contribution in [2.75, 3.05) is 45.9 Å². The molecule has 3 unspecified atom stereocenters. The maximum atomic E-state index is 9.32. The number of hydrogen-bond acceptors (Lipinski definition) is 4. The average molecular weight is 284 g/mol. The molecule has 2 aliphatic heterocycles. The van der Waals surface area contributed by atoms with Crippen molar-refractivity contribution in [2.24, 2.45) is 11.8 Å². The standard InChI is InChI=1S/C16H32N2O2/c1-14(18-8-3-5-16(11-18)13-20)6-9-17-7-2-4-15(10-17)12-19/h14-16,19-20H,2-13H2,1H3. The van der Waals surface area contributed by atoms with Gasteiger partial charge in [0.05, 0.1) is 0 Å². The minimum absolute atomic E-state index is 0.341. The number of rotatable bonds is 6. The Hall–Kier alpha value is -0.160. The summed E-state index contributed by atoms with van der Waals surface area (Å²) < 4.78 is 0. The lowest BCUT2D eigenvalue weighted by Crippen LogP contribution is -2.44. The maximum absolute atomic E-state index is 9.32. The number of likely N-dealkylation sites (tertiary alicyclic amines) is 2. The first-order valence-electron chi connectivity index (χ1n) is 8.41. The van der Waals surface area contributed by atoms with E-state index in [-0.39, 0.29) is 0 Å². The van der Waals surface area contributed by atoms with Gasteiger partial charge in [-0.1, -0.05) is 0 Å². The van der Waals surface area contributed by atoms with Crippen molar-refractivity contribution in [3.05, 3.63) is 0 Å². The van der Waals surface area contributed by atoms with E-state index in [0.717, 1.165) is 19.6 Å². The van der Waals surface area contributed by atoms with Crippen molar-refractivity contribution < 1.29 is 10.2 Å². The Morgan fingerprint density at radius 3 is 2.35 bits per heavy atom. The van der Waals surface area contributed by atoms with E-state index in [4.69, 9.17) is 0 Å². The molecule has 0 bridgehead atoms. The summed E-state index contributed by atoms with van der Waals surface area (Å²) in [7, 11) is 0. The van der Waals surface area contributed by atoms with Crippen LogP contribution in [0.3, 0.4) is 0 Å². The van der Waals surface area contributed by atoms with Gasteiger partial charge in [0, 0.05) is 32.3 Å². The molecule has 2 fully saturated rings. The first kappa shape index (κ1) is 16.2. The van der Waals surface area contributed by atoms with Crippen LogP contribution in [0.4, 0.5) is 0 Å². The van der Waals surface area contributed by atoms with Crippen molar-refractivity contribution in [1.29, 1.82) is 0 Å². The van der Waals surface area contributed by atoms with Crippen molar-refractivity contribution in [2.45, 2.75) is 45.1 Å². The molecule has 0 saturated carbocycles. The third kappa shape index (κ3) is 4.69. The second-order valence-electron chi connectivity index (χ2n) is 6.81. The molecule has 118 valence electrons. The van der Waals surface area contributed by atoms with E-state index in [1.165, 1.54) is 45.2 Å². The monoisotopic (exact) mass is 284 g/mol. The van der Waals surface area contributed by atoms with E-state index < -0.39 is 0 Å². The van der Waals surface area contributed by atoms with E-state index in [1.807, 2.05) is 0 Å². The topological polar surface area (TPSA) is 46.9 Å². The highest BCUT2D eigenvalue weighted by Crippen LogP contribution is 2.20. The largest absolute Gasteiger partial charge is 0.396 e. The molecule has 2 N–H and O–H groups in total. The smallest absolute Gasteiger partial charge is 0.0471 e.